The zero-order valence-electron chi connectivity index (χ0n) is 9.68. The third-order valence-corrected chi connectivity index (χ3v) is 2.72. The van der Waals surface area contributed by atoms with E-state index >= 15 is 0 Å². The summed E-state index contributed by atoms with van der Waals surface area (Å²) in [5.74, 6) is 1.26. The summed E-state index contributed by atoms with van der Waals surface area (Å²) in [6.45, 7) is 11.2. The van der Waals surface area contributed by atoms with Crippen LogP contribution in [-0.4, -0.2) is 4.57 Å². The molecule has 1 heterocycles. The van der Waals surface area contributed by atoms with Gasteiger partial charge in [0, 0.05) is 18.4 Å². The lowest BCUT2D eigenvalue weighted by Gasteiger charge is -2.13. The molecule has 1 rings (SSSR count). The number of aryl methyl sites for hydroxylation is 1. The first-order valence-electron chi connectivity index (χ1n) is 5.11. The monoisotopic (exact) mass is 179 g/mol. The van der Waals surface area contributed by atoms with Gasteiger partial charge in [-0.2, -0.15) is 0 Å². The Morgan fingerprint density at radius 3 is 1.92 bits per heavy atom. The fourth-order valence-electron chi connectivity index (χ4n) is 1.96. The first-order valence-corrected chi connectivity index (χ1v) is 5.11. The average Bonchev–Trinajstić information content (AvgIpc) is 2.28. The highest BCUT2D eigenvalue weighted by molar-refractivity contribution is 5.32. The molecule has 0 amide bonds. The molecule has 0 aliphatic carbocycles. The summed E-state index contributed by atoms with van der Waals surface area (Å²) in [4.78, 5) is 0. The summed E-state index contributed by atoms with van der Waals surface area (Å²) >= 11 is 0. The molecule has 0 aliphatic heterocycles. The van der Waals surface area contributed by atoms with Gasteiger partial charge in [-0.1, -0.05) is 27.7 Å². The first kappa shape index (κ1) is 10.4. The van der Waals surface area contributed by atoms with E-state index in [1.54, 1.807) is 0 Å². The van der Waals surface area contributed by atoms with Crippen LogP contribution in [0.5, 0.6) is 0 Å². The highest BCUT2D eigenvalue weighted by atomic mass is 15.0. The number of aromatic nitrogens is 1. The van der Waals surface area contributed by atoms with Crippen LogP contribution in [0.3, 0.4) is 0 Å². The minimum Gasteiger partial charge on any atom is -0.351 e. The van der Waals surface area contributed by atoms with E-state index in [1.165, 1.54) is 17.0 Å². The number of nitrogens with zero attached hydrogens (tertiary/aromatic N) is 1. The molecule has 1 aromatic heterocycles. The van der Waals surface area contributed by atoms with Crippen molar-refractivity contribution in [2.24, 2.45) is 7.05 Å². The van der Waals surface area contributed by atoms with Crippen molar-refractivity contribution in [2.45, 2.75) is 46.5 Å². The maximum absolute atomic E-state index is 2.32. The minimum atomic E-state index is 0.621. The third-order valence-electron chi connectivity index (χ3n) is 2.72. The van der Waals surface area contributed by atoms with E-state index in [0.29, 0.717) is 11.8 Å². The van der Waals surface area contributed by atoms with Gasteiger partial charge in [0.1, 0.15) is 0 Å². The molecular weight excluding hydrogens is 158 g/mol. The second-order valence-electron chi connectivity index (χ2n) is 4.49. The van der Waals surface area contributed by atoms with Crippen molar-refractivity contribution >= 4 is 0 Å². The van der Waals surface area contributed by atoms with Gasteiger partial charge in [-0.15, -0.1) is 0 Å². The molecule has 0 saturated heterocycles. The predicted molar refractivity (Wildman–Crippen MR) is 58.3 cm³/mol. The van der Waals surface area contributed by atoms with Crippen molar-refractivity contribution < 1.29 is 0 Å². The summed E-state index contributed by atoms with van der Waals surface area (Å²) in [6.07, 6.45) is 0. The van der Waals surface area contributed by atoms with Gasteiger partial charge in [0.15, 0.2) is 0 Å². The van der Waals surface area contributed by atoms with Crippen LogP contribution >= 0.6 is 0 Å². The molecule has 0 fully saturated rings. The molecule has 0 aromatic carbocycles. The summed E-state index contributed by atoms with van der Waals surface area (Å²) in [5, 5.41) is 0. The second kappa shape index (κ2) is 3.57. The number of hydrogen-bond acceptors (Lipinski definition) is 0. The van der Waals surface area contributed by atoms with Crippen LogP contribution in [0.4, 0.5) is 0 Å². The lowest BCUT2D eigenvalue weighted by molar-refractivity contribution is 0.701. The Morgan fingerprint density at radius 2 is 1.62 bits per heavy atom. The molecule has 0 atom stereocenters. The highest BCUT2D eigenvalue weighted by Gasteiger charge is 2.15. The summed E-state index contributed by atoms with van der Waals surface area (Å²) in [5.41, 5.74) is 4.37. The largest absolute Gasteiger partial charge is 0.351 e. The van der Waals surface area contributed by atoms with Crippen LogP contribution in [0.25, 0.3) is 0 Å². The van der Waals surface area contributed by atoms with Crippen molar-refractivity contribution in [3.63, 3.8) is 0 Å². The van der Waals surface area contributed by atoms with E-state index in [1.807, 2.05) is 0 Å². The molecular formula is C12H21N. The van der Waals surface area contributed by atoms with E-state index in [2.05, 4.69) is 52.3 Å². The average molecular weight is 179 g/mol. The van der Waals surface area contributed by atoms with Crippen LogP contribution in [0, 0.1) is 6.92 Å². The molecule has 0 spiro atoms. The van der Waals surface area contributed by atoms with E-state index < -0.39 is 0 Å². The van der Waals surface area contributed by atoms with Gasteiger partial charge in [-0.25, -0.2) is 0 Å². The molecule has 0 radical (unpaired) electrons. The standard InChI is InChI=1S/C12H21N/c1-8(2)11-7-10(5)13(6)12(11)9(3)4/h7-9H,1-6H3. The van der Waals surface area contributed by atoms with E-state index in [9.17, 15) is 0 Å². The molecule has 0 N–H and O–H groups in total. The molecule has 0 bridgehead atoms. The molecule has 13 heavy (non-hydrogen) atoms. The SMILES string of the molecule is Cc1cc(C(C)C)c(C(C)C)n1C. The smallest absolute Gasteiger partial charge is 0.0234 e. The Bertz CT molecular complexity index is 292. The van der Waals surface area contributed by atoms with Gasteiger partial charge in [0.25, 0.3) is 0 Å². The first-order chi connectivity index (χ1) is 5.95. The zero-order valence-corrected chi connectivity index (χ0v) is 9.68. The fourth-order valence-corrected chi connectivity index (χ4v) is 1.96. The van der Waals surface area contributed by atoms with Gasteiger partial charge >= 0.3 is 0 Å². The Labute approximate surface area is 81.8 Å². The van der Waals surface area contributed by atoms with Crippen LogP contribution in [0.2, 0.25) is 0 Å². The van der Waals surface area contributed by atoms with E-state index in [0.717, 1.165) is 0 Å². The van der Waals surface area contributed by atoms with Crippen LogP contribution < -0.4 is 0 Å². The Balaban J connectivity index is 3.27. The van der Waals surface area contributed by atoms with Gasteiger partial charge in [0.05, 0.1) is 0 Å². The predicted octanol–water partition coefficient (Wildman–Crippen LogP) is 3.58. The molecule has 1 nitrogen and oxygen atoms in total. The third kappa shape index (κ3) is 1.79. The van der Waals surface area contributed by atoms with Gasteiger partial charge in [-0.3, -0.25) is 0 Å². The van der Waals surface area contributed by atoms with E-state index in [4.69, 9.17) is 0 Å². The van der Waals surface area contributed by atoms with Crippen molar-refractivity contribution in [3.8, 4) is 0 Å². The summed E-state index contributed by atoms with van der Waals surface area (Å²) < 4.78 is 2.32. The zero-order chi connectivity index (χ0) is 10.2. The Hall–Kier alpha value is -0.720. The highest BCUT2D eigenvalue weighted by Crippen LogP contribution is 2.28. The Kier molecular flexibility index (Phi) is 2.84. The van der Waals surface area contributed by atoms with Gasteiger partial charge in [-0.05, 0) is 30.4 Å². The van der Waals surface area contributed by atoms with Gasteiger partial charge < -0.3 is 4.57 Å². The normalized spacial score (nSPS) is 11.7. The topological polar surface area (TPSA) is 4.93 Å². The summed E-state index contributed by atoms with van der Waals surface area (Å²) in [7, 11) is 2.16. The van der Waals surface area contributed by atoms with Crippen LogP contribution in [0.1, 0.15) is 56.5 Å². The maximum Gasteiger partial charge on any atom is 0.0234 e. The van der Waals surface area contributed by atoms with Crippen molar-refractivity contribution in [1.29, 1.82) is 0 Å². The van der Waals surface area contributed by atoms with Crippen molar-refractivity contribution in [2.75, 3.05) is 0 Å². The lowest BCUT2D eigenvalue weighted by Crippen LogP contribution is -2.03. The minimum absolute atomic E-state index is 0.621. The number of rotatable bonds is 2. The van der Waals surface area contributed by atoms with Crippen LogP contribution in [0.15, 0.2) is 6.07 Å². The second-order valence-corrected chi connectivity index (χ2v) is 4.49. The molecule has 74 valence electrons. The van der Waals surface area contributed by atoms with Crippen molar-refractivity contribution in [3.05, 3.63) is 23.0 Å². The van der Waals surface area contributed by atoms with E-state index in [-0.39, 0.29) is 0 Å². The molecule has 1 heteroatoms. The molecule has 0 aliphatic rings. The lowest BCUT2D eigenvalue weighted by atomic mass is 9.97. The van der Waals surface area contributed by atoms with Gasteiger partial charge in [0.2, 0.25) is 0 Å². The molecule has 0 unspecified atom stereocenters. The molecule has 0 saturated carbocycles. The maximum atomic E-state index is 2.32. The van der Waals surface area contributed by atoms with Crippen molar-refractivity contribution in [1.82, 2.24) is 4.57 Å². The Morgan fingerprint density at radius 1 is 1.08 bits per heavy atom. The van der Waals surface area contributed by atoms with Crippen LogP contribution in [-0.2, 0) is 7.05 Å². The fraction of sp³-hybridized carbons (Fsp3) is 0.667. The number of hydrogen-bond donors (Lipinski definition) is 0. The quantitative estimate of drug-likeness (QED) is 0.654. The summed E-state index contributed by atoms with van der Waals surface area (Å²) in [6, 6.07) is 2.32. The molecule has 1 aromatic rings.